The van der Waals surface area contributed by atoms with E-state index in [-0.39, 0.29) is 11.6 Å². The van der Waals surface area contributed by atoms with Gasteiger partial charge in [-0.1, -0.05) is 6.07 Å². The molecule has 0 unspecified atom stereocenters. The molecule has 1 aliphatic rings. The summed E-state index contributed by atoms with van der Waals surface area (Å²) in [5.41, 5.74) is 0.291. The van der Waals surface area contributed by atoms with Crippen molar-refractivity contribution in [2.45, 2.75) is 24.9 Å². The highest BCUT2D eigenvalue weighted by Gasteiger charge is 2.38. The van der Waals surface area contributed by atoms with Crippen LogP contribution in [0.25, 0.3) is 0 Å². The number of anilines is 1. The smallest absolute Gasteiger partial charge is 0.318 e. The van der Waals surface area contributed by atoms with Crippen LogP contribution >= 0.6 is 0 Å². The summed E-state index contributed by atoms with van der Waals surface area (Å²) in [6, 6.07) is 3.67. The highest BCUT2D eigenvalue weighted by Crippen LogP contribution is 2.29. The van der Waals surface area contributed by atoms with Crippen LogP contribution in [0, 0.1) is 5.82 Å². The molecule has 1 aromatic rings. The van der Waals surface area contributed by atoms with Crippen LogP contribution < -0.4 is 10.6 Å². The number of halogens is 4. The summed E-state index contributed by atoms with van der Waals surface area (Å²) in [7, 11) is 0. The molecule has 2 rings (SSSR count). The SMILES string of the molecule is O=C(Nc1ccc(C2CCNCC2)c(F)c1)C(F)(F)F. The zero-order chi connectivity index (χ0) is 14.8. The van der Waals surface area contributed by atoms with Gasteiger partial charge in [-0.05, 0) is 49.5 Å². The molecule has 0 atom stereocenters. The molecule has 1 saturated heterocycles. The maximum Gasteiger partial charge on any atom is 0.471 e. The van der Waals surface area contributed by atoms with E-state index in [1.54, 1.807) is 5.32 Å². The van der Waals surface area contributed by atoms with Gasteiger partial charge >= 0.3 is 12.1 Å². The molecule has 0 saturated carbocycles. The monoisotopic (exact) mass is 290 g/mol. The largest absolute Gasteiger partial charge is 0.471 e. The lowest BCUT2D eigenvalue weighted by Gasteiger charge is -2.23. The number of piperidine rings is 1. The molecule has 1 fully saturated rings. The van der Waals surface area contributed by atoms with Crippen LogP contribution in [0.3, 0.4) is 0 Å². The van der Waals surface area contributed by atoms with E-state index in [0.29, 0.717) is 5.56 Å². The molecule has 0 radical (unpaired) electrons. The van der Waals surface area contributed by atoms with Gasteiger partial charge in [0.05, 0.1) is 0 Å². The molecule has 1 aromatic carbocycles. The van der Waals surface area contributed by atoms with Crippen LogP contribution in [0.2, 0.25) is 0 Å². The minimum absolute atomic E-state index is 0.0589. The first-order valence-electron chi connectivity index (χ1n) is 6.26. The molecule has 7 heteroatoms. The van der Waals surface area contributed by atoms with Gasteiger partial charge in [0, 0.05) is 5.69 Å². The summed E-state index contributed by atoms with van der Waals surface area (Å²) in [6.45, 7) is 1.58. The predicted octanol–water partition coefficient (Wildman–Crippen LogP) is 2.79. The molecule has 1 aliphatic heterocycles. The Morgan fingerprint density at radius 2 is 1.90 bits per heavy atom. The van der Waals surface area contributed by atoms with E-state index in [1.165, 1.54) is 12.1 Å². The van der Waals surface area contributed by atoms with Crippen LogP contribution in [-0.2, 0) is 4.79 Å². The molecule has 2 N–H and O–H groups in total. The molecule has 0 bridgehead atoms. The second-order valence-electron chi connectivity index (χ2n) is 4.71. The maximum absolute atomic E-state index is 13.9. The third-order valence-electron chi connectivity index (χ3n) is 3.29. The van der Waals surface area contributed by atoms with Gasteiger partial charge in [-0.15, -0.1) is 0 Å². The number of hydrogen-bond donors (Lipinski definition) is 2. The summed E-state index contributed by atoms with van der Waals surface area (Å²) < 4.78 is 50.2. The third kappa shape index (κ3) is 3.47. The Hall–Kier alpha value is -1.63. The van der Waals surface area contributed by atoms with Crippen molar-refractivity contribution in [3.05, 3.63) is 29.6 Å². The fourth-order valence-corrected chi connectivity index (χ4v) is 2.27. The zero-order valence-electron chi connectivity index (χ0n) is 10.6. The van der Waals surface area contributed by atoms with Gasteiger partial charge in [-0.25, -0.2) is 4.39 Å². The van der Waals surface area contributed by atoms with Crippen LogP contribution in [-0.4, -0.2) is 25.2 Å². The van der Waals surface area contributed by atoms with E-state index < -0.39 is 17.9 Å². The van der Waals surface area contributed by atoms with Gasteiger partial charge in [0.1, 0.15) is 5.82 Å². The summed E-state index contributed by atoms with van der Waals surface area (Å²) in [6.07, 6.45) is -3.42. The number of benzene rings is 1. The number of rotatable bonds is 2. The Labute approximate surface area is 113 Å². The fourth-order valence-electron chi connectivity index (χ4n) is 2.27. The standard InChI is InChI=1S/C13H14F4N2O/c14-11-7-9(19-12(20)13(15,16)17)1-2-10(11)8-3-5-18-6-4-8/h1-2,7-8,18H,3-6H2,(H,19,20). The number of carbonyl (C=O) groups excluding carboxylic acids is 1. The van der Waals surface area contributed by atoms with Crippen LogP contribution in [0.1, 0.15) is 24.3 Å². The van der Waals surface area contributed by atoms with Crippen LogP contribution in [0.15, 0.2) is 18.2 Å². The van der Waals surface area contributed by atoms with Crippen LogP contribution in [0.5, 0.6) is 0 Å². The van der Waals surface area contributed by atoms with Gasteiger partial charge in [0.15, 0.2) is 0 Å². The Morgan fingerprint density at radius 3 is 2.45 bits per heavy atom. The number of nitrogens with one attached hydrogen (secondary N) is 2. The molecule has 1 amide bonds. The van der Waals surface area contributed by atoms with Gasteiger partial charge in [-0.2, -0.15) is 13.2 Å². The quantitative estimate of drug-likeness (QED) is 0.822. The van der Waals surface area contributed by atoms with Crippen molar-refractivity contribution in [1.82, 2.24) is 5.32 Å². The van der Waals surface area contributed by atoms with Gasteiger partial charge < -0.3 is 10.6 Å². The highest BCUT2D eigenvalue weighted by atomic mass is 19.4. The third-order valence-corrected chi connectivity index (χ3v) is 3.29. The van der Waals surface area contributed by atoms with E-state index in [0.717, 1.165) is 32.0 Å². The molecule has 20 heavy (non-hydrogen) atoms. The number of carbonyl (C=O) groups is 1. The van der Waals surface area contributed by atoms with Crippen molar-refractivity contribution in [1.29, 1.82) is 0 Å². The first-order valence-corrected chi connectivity index (χ1v) is 6.26. The van der Waals surface area contributed by atoms with E-state index >= 15 is 0 Å². The molecular weight excluding hydrogens is 276 g/mol. The van der Waals surface area contributed by atoms with Crippen molar-refractivity contribution in [2.75, 3.05) is 18.4 Å². The van der Waals surface area contributed by atoms with Crippen molar-refractivity contribution in [3.63, 3.8) is 0 Å². The predicted molar refractivity (Wildman–Crippen MR) is 65.9 cm³/mol. The lowest BCUT2D eigenvalue weighted by atomic mass is 9.90. The number of amides is 1. The zero-order valence-corrected chi connectivity index (χ0v) is 10.6. The van der Waals surface area contributed by atoms with E-state index in [1.807, 2.05) is 0 Å². The van der Waals surface area contributed by atoms with Crippen molar-refractivity contribution >= 4 is 11.6 Å². The van der Waals surface area contributed by atoms with Crippen molar-refractivity contribution in [3.8, 4) is 0 Å². The molecule has 1 heterocycles. The normalized spacial score (nSPS) is 17.0. The number of alkyl halides is 3. The second kappa shape index (κ2) is 5.78. The lowest BCUT2D eigenvalue weighted by molar-refractivity contribution is -0.167. The minimum Gasteiger partial charge on any atom is -0.318 e. The average molecular weight is 290 g/mol. The fraction of sp³-hybridized carbons (Fsp3) is 0.462. The summed E-state index contributed by atoms with van der Waals surface area (Å²) in [5, 5.41) is 4.79. The minimum atomic E-state index is -4.98. The average Bonchev–Trinajstić information content (AvgIpc) is 2.38. The first kappa shape index (κ1) is 14.8. The molecule has 0 aromatic heterocycles. The lowest BCUT2D eigenvalue weighted by Crippen LogP contribution is -2.30. The topological polar surface area (TPSA) is 41.1 Å². The molecular formula is C13H14F4N2O. The van der Waals surface area contributed by atoms with Gasteiger partial charge in [-0.3, -0.25) is 4.79 Å². The number of hydrogen-bond acceptors (Lipinski definition) is 2. The van der Waals surface area contributed by atoms with E-state index in [9.17, 15) is 22.4 Å². The van der Waals surface area contributed by atoms with Crippen LogP contribution in [0.4, 0.5) is 23.2 Å². The second-order valence-corrected chi connectivity index (χ2v) is 4.71. The maximum atomic E-state index is 13.9. The van der Waals surface area contributed by atoms with Crippen molar-refractivity contribution in [2.24, 2.45) is 0 Å². The van der Waals surface area contributed by atoms with Crippen molar-refractivity contribution < 1.29 is 22.4 Å². The first-order chi connectivity index (χ1) is 9.38. The molecule has 3 nitrogen and oxygen atoms in total. The molecule has 0 aliphatic carbocycles. The van der Waals surface area contributed by atoms with Gasteiger partial charge in [0.2, 0.25) is 0 Å². The van der Waals surface area contributed by atoms with E-state index in [4.69, 9.17) is 0 Å². The summed E-state index contributed by atoms with van der Waals surface area (Å²) in [4.78, 5) is 10.8. The summed E-state index contributed by atoms with van der Waals surface area (Å²) >= 11 is 0. The van der Waals surface area contributed by atoms with E-state index in [2.05, 4.69) is 5.32 Å². The Balaban J connectivity index is 2.11. The highest BCUT2D eigenvalue weighted by molar-refractivity contribution is 5.94. The Bertz CT molecular complexity index is 496. The molecule has 0 spiro atoms. The Morgan fingerprint density at radius 1 is 1.25 bits per heavy atom. The molecule has 110 valence electrons. The summed E-state index contributed by atoms with van der Waals surface area (Å²) in [5.74, 6) is -2.63. The Kier molecular flexibility index (Phi) is 4.27. The van der Waals surface area contributed by atoms with Gasteiger partial charge in [0.25, 0.3) is 0 Å².